The van der Waals surface area contributed by atoms with Gasteiger partial charge in [0.05, 0.1) is 24.3 Å². The van der Waals surface area contributed by atoms with Crippen LogP contribution in [0, 0.1) is 5.82 Å². The van der Waals surface area contributed by atoms with Gasteiger partial charge < -0.3 is 20.6 Å². The molecule has 3 N–H and O–H groups in total. The first-order valence-corrected chi connectivity index (χ1v) is 16.0. The summed E-state index contributed by atoms with van der Waals surface area (Å²) in [4.78, 5) is 30.2. The third-order valence-electron chi connectivity index (χ3n) is 8.55. The van der Waals surface area contributed by atoms with Crippen LogP contribution in [0.2, 0.25) is 0 Å². The average molecular weight is 634 g/mol. The van der Waals surface area contributed by atoms with E-state index in [1.165, 1.54) is 13.1 Å². The second kappa shape index (κ2) is 14.9. The van der Waals surface area contributed by atoms with Gasteiger partial charge in [0, 0.05) is 41.4 Å². The van der Waals surface area contributed by atoms with Crippen LogP contribution >= 0.6 is 0 Å². The van der Waals surface area contributed by atoms with Crippen molar-refractivity contribution >= 4 is 23.1 Å². The number of halogens is 2. The van der Waals surface area contributed by atoms with Crippen LogP contribution in [0.5, 0.6) is 5.75 Å². The van der Waals surface area contributed by atoms with E-state index in [4.69, 9.17) is 9.72 Å². The first-order valence-electron chi connectivity index (χ1n) is 16.0. The Morgan fingerprint density at radius 2 is 1.93 bits per heavy atom. The van der Waals surface area contributed by atoms with Crippen LogP contribution in [0.4, 0.5) is 8.78 Å². The van der Waals surface area contributed by atoms with Crippen molar-refractivity contribution in [3.05, 3.63) is 76.4 Å². The van der Waals surface area contributed by atoms with E-state index >= 15 is 0 Å². The largest absolute Gasteiger partial charge is 0.494 e. The Kier molecular flexibility index (Phi) is 11.3. The highest BCUT2D eigenvalue weighted by Crippen LogP contribution is 2.43. The van der Waals surface area contributed by atoms with E-state index in [9.17, 15) is 18.4 Å². The van der Waals surface area contributed by atoms with E-state index in [1.54, 1.807) is 31.4 Å². The lowest BCUT2D eigenvalue weighted by molar-refractivity contribution is -0.113. The topological polar surface area (TPSA) is 112 Å². The fourth-order valence-corrected chi connectivity index (χ4v) is 5.94. The average Bonchev–Trinajstić information content (AvgIpc) is 3.74. The van der Waals surface area contributed by atoms with E-state index in [-0.39, 0.29) is 24.2 Å². The second-order valence-electron chi connectivity index (χ2n) is 11.7. The third kappa shape index (κ3) is 6.82. The Bertz CT molecular complexity index is 1700. The Morgan fingerprint density at radius 3 is 2.57 bits per heavy atom. The number of pyridine rings is 1. The van der Waals surface area contributed by atoms with Crippen LogP contribution in [0.1, 0.15) is 91.7 Å². The van der Waals surface area contributed by atoms with Crippen molar-refractivity contribution in [2.75, 3.05) is 27.4 Å². The smallest absolute Gasteiger partial charge is 0.251 e. The minimum absolute atomic E-state index is 0.0304. The van der Waals surface area contributed by atoms with E-state index in [0.29, 0.717) is 65.4 Å². The van der Waals surface area contributed by atoms with Gasteiger partial charge in [-0.15, -0.1) is 0 Å². The molecule has 6 rings (SSSR count). The number of alkyl halides is 1. The zero-order valence-corrected chi connectivity index (χ0v) is 27.6. The summed E-state index contributed by atoms with van der Waals surface area (Å²) in [7, 11) is 3.06. The number of hydrogen-bond acceptors (Lipinski definition) is 6. The highest BCUT2D eigenvalue weighted by atomic mass is 19.1. The number of benzene rings is 2. The molecule has 0 radical (unpaired) electrons. The zero-order valence-electron chi connectivity index (χ0n) is 27.6. The maximum Gasteiger partial charge on any atom is 0.251 e. The summed E-state index contributed by atoms with van der Waals surface area (Å²) in [6, 6.07) is 10.6. The SMILES string of the molecule is CC.CN.COc1cc(C(=O)NCCc2cc3c(c(-c4ccc(F)c(C(C)C)c4)n2)CCC3(C=O)CF)cc2cn(C3CC3)nc12. The van der Waals surface area contributed by atoms with Gasteiger partial charge in [0.15, 0.2) is 0 Å². The van der Waals surface area contributed by atoms with E-state index in [1.807, 2.05) is 44.6 Å². The molecule has 4 aromatic rings. The quantitative estimate of drug-likeness (QED) is 0.190. The number of nitrogens with zero attached hydrogens (tertiary/aromatic N) is 3. The van der Waals surface area contributed by atoms with Crippen molar-refractivity contribution in [2.24, 2.45) is 5.73 Å². The molecule has 1 unspecified atom stereocenters. The molecule has 2 aromatic heterocycles. The van der Waals surface area contributed by atoms with E-state index in [0.717, 1.165) is 34.9 Å². The van der Waals surface area contributed by atoms with Gasteiger partial charge in [-0.3, -0.25) is 14.5 Å². The number of fused-ring (bicyclic) bond motifs is 2. The Hall–Kier alpha value is -4.18. The number of methoxy groups -OCH3 is 1. The maximum atomic E-state index is 14.5. The number of nitrogens with two attached hydrogens (primary N) is 1. The molecule has 0 saturated heterocycles. The standard InChI is InChI=1S/C33H34F2N4O3.C2H6.CH5N/c1-19(2)26-13-20(4-7-28(26)35)30-25-8-10-33(17-34,18-40)27(25)15-23(37-30)9-11-36-32(41)21-12-22-16-39(24-5-6-24)38-31(22)29(14-21)42-3;2*1-2/h4,7,12-16,18-19,24H,5-6,8-11,17H2,1-3H3,(H,36,41);1-2H3;2H2,1H3. The molecule has 10 heteroatoms. The van der Waals surface area contributed by atoms with Gasteiger partial charge in [-0.1, -0.05) is 27.7 Å². The Labute approximate surface area is 269 Å². The third-order valence-corrected chi connectivity index (χ3v) is 8.55. The van der Waals surface area contributed by atoms with Crippen LogP contribution in [0.15, 0.2) is 42.6 Å². The molecule has 2 aromatic carbocycles. The number of amides is 1. The molecule has 0 spiro atoms. The fraction of sp³-hybridized carbons (Fsp3) is 0.444. The van der Waals surface area contributed by atoms with E-state index in [2.05, 4.69) is 16.1 Å². The number of ether oxygens (including phenoxy) is 1. The highest BCUT2D eigenvalue weighted by Gasteiger charge is 2.41. The number of nitrogens with one attached hydrogen (secondary N) is 1. The van der Waals surface area contributed by atoms with Gasteiger partial charge >= 0.3 is 0 Å². The number of carbonyl (C=O) groups excluding carboxylic acids is 2. The number of carbonyl (C=O) groups is 2. The molecule has 0 aliphatic heterocycles. The number of rotatable bonds is 10. The normalized spacial score (nSPS) is 16.7. The molecular weight excluding hydrogens is 588 g/mol. The first kappa shape index (κ1) is 34.7. The molecule has 246 valence electrons. The molecule has 1 saturated carbocycles. The Morgan fingerprint density at radius 1 is 1.20 bits per heavy atom. The lowest BCUT2D eigenvalue weighted by atomic mass is 9.84. The molecule has 2 aliphatic rings. The molecule has 2 heterocycles. The van der Waals surface area contributed by atoms with Crippen LogP contribution in [0.3, 0.4) is 0 Å². The fourth-order valence-electron chi connectivity index (χ4n) is 5.94. The van der Waals surface area contributed by atoms with Gasteiger partial charge in [0.1, 0.15) is 30.0 Å². The molecule has 1 amide bonds. The maximum absolute atomic E-state index is 14.5. The van der Waals surface area contributed by atoms with Crippen molar-refractivity contribution in [1.29, 1.82) is 0 Å². The van der Waals surface area contributed by atoms with Crippen LogP contribution in [-0.2, 0) is 23.1 Å². The van der Waals surface area contributed by atoms with Crippen LogP contribution < -0.4 is 15.8 Å². The molecule has 0 bridgehead atoms. The van der Waals surface area contributed by atoms with Crippen molar-refractivity contribution in [2.45, 2.75) is 77.2 Å². The molecule has 1 fully saturated rings. The molecule has 46 heavy (non-hydrogen) atoms. The summed E-state index contributed by atoms with van der Waals surface area (Å²) in [5.41, 5.74) is 8.48. The minimum atomic E-state index is -1.22. The van der Waals surface area contributed by atoms with Gasteiger partial charge in [0.2, 0.25) is 0 Å². The van der Waals surface area contributed by atoms with Gasteiger partial charge in [-0.25, -0.2) is 8.78 Å². The van der Waals surface area contributed by atoms with Gasteiger partial charge in [-0.2, -0.15) is 5.10 Å². The van der Waals surface area contributed by atoms with Crippen LogP contribution in [0.25, 0.3) is 22.2 Å². The summed E-state index contributed by atoms with van der Waals surface area (Å²) in [6.07, 6.45) is 6.08. The van der Waals surface area contributed by atoms with Crippen LogP contribution in [-0.4, -0.2) is 54.3 Å². The predicted molar refractivity (Wildman–Crippen MR) is 178 cm³/mol. The number of aromatic nitrogens is 3. The lowest BCUT2D eigenvalue weighted by Gasteiger charge is -2.21. The highest BCUT2D eigenvalue weighted by molar-refractivity contribution is 5.99. The van der Waals surface area contributed by atoms with Gasteiger partial charge in [0.25, 0.3) is 5.91 Å². The minimum Gasteiger partial charge on any atom is -0.494 e. The summed E-state index contributed by atoms with van der Waals surface area (Å²) < 4.78 is 36.3. The lowest BCUT2D eigenvalue weighted by Crippen LogP contribution is -2.28. The number of hydrogen-bond donors (Lipinski definition) is 2. The summed E-state index contributed by atoms with van der Waals surface area (Å²) in [6.45, 7) is 7.32. The monoisotopic (exact) mass is 633 g/mol. The van der Waals surface area contributed by atoms with Gasteiger partial charge in [-0.05, 0) is 91.7 Å². The molecule has 1 atom stereocenters. The summed E-state index contributed by atoms with van der Waals surface area (Å²) in [5, 5.41) is 8.43. The zero-order chi connectivity index (χ0) is 33.6. The van der Waals surface area contributed by atoms with Crippen molar-refractivity contribution in [3.63, 3.8) is 0 Å². The van der Waals surface area contributed by atoms with Crippen molar-refractivity contribution < 1.29 is 23.1 Å². The van der Waals surface area contributed by atoms with E-state index < -0.39 is 12.1 Å². The summed E-state index contributed by atoms with van der Waals surface area (Å²) in [5.74, 6) is -0.0394. The molecular formula is C36H45F2N5O3. The van der Waals surface area contributed by atoms with Crippen molar-refractivity contribution in [3.8, 4) is 17.0 Å². The molecule has 2 aliphatic carbocycles. The van der Waals surface area contributed by atoms with Crippen molar-refractivity contribution in [1.82, 2.24) is 20.1 Å². The molecule has 8 nitrogen and oxygen atoms in total. The summed E-state index contributed by atoms with van der Waals surface area (Å²) >= 11 is 0. The first-order chi connectivity index (χ1) is 22.3. The number of aldehydes is 1. The second-order valence-corrected chi connectivity index (χ2v) is 11.7. The Balaban J connectivity index is 0.00000116. The predicted octanol–water partition coefficient (Wildman–Crippen LogP) is 6.63.